The Kier molecular flexibility index (Phi) is 6.80. The van der Waals surface area contributed by atoms with E-state index < -0.39 is 53.3 Å². The molecule has 4 amide bonds. The van der Waals surface area contributed by atoms with Crippen LogP contribution >= 0.6 is 0 Å². The predicted octanol–water partition coefficient (Wildman–Crippen LogP) is 0.978. The number of nitro groups is 1. The average molecular weight is 482 g/mol. The number of nitrogen functional groups attached to an aromatic ring is 1. The zero-order valence-corrected chi connectivity index (χ0v) is 18.5. The van der Waals surface area contributed by atoms with Gasteiger partial charge in [-0.25, -0.2) is 4.79 Å². The summed E-state index contributed by atoms with van der Waals surface area (Å²) in [5.41, 5.74) is 4.69. The highest BCUT2D eigenvalue weighted by Gasteiger charge is 2.49. The minimum Gasteiger partial charge on any atom is -0.481 e. The molecule has 0 saturated carbocycles. The number of hydrogen-bond donors (Lipinski definition) is 5. The Morgan fingerprint density at radius 3 is 2.49 bits per heavy atom. The molecular weight excluding hydrogens is 460 g/mol. The van der Waals surface area contributed by atoms with Crippen LogP contribution in [0.3, 0.4) is 0 Å². The molecule has 0 aromatic heterocycles. The zero-order chi connectivity index (χ0) is 25.9. The summed E-state index contributed by atoms with van der Waals surface area (Å²) < 4.78 is 0. The molecule has 0 bridgehead atoms. The third-order valence-electron chi connectivity index (χ3n) is 5.55. The highest BCUT2D eigenvalue weighted by atomic mass is 16.6. The summed E-state index contributed by atoms with van der Waals surface area (Å²) in [6, 6.07) is 9.29. The van der Waals surface area contributed by atoms with Gasteiger partial charge in [-0.1, -0.05) is 36.4 Å². The molecule has 13 nitrogen and oxygen atoms in total. The van der Waals surface area contributed by atoms with E-state index in [4.69, 9.17) is 11.1 Å². The maximum Gasteiger partial charge on any atom is 0.325 e. The molecule has 2 aromatic carbocycles. The van der Waals surface area contributed by atoms with Gasteiger partial charge in [-0.05, 0) is 18.1 Å². The minimum atomic E-state index is -1.48. The number of nitrogens with zero attached hydrogens (tertiary/aromatic N) is 2. The largest absolute Gasteiger partial charge is 0.481 e. The molecule has 0 spiro atoms. The summed E-state index contributed by atoms with van der Waals surface area (Å²) in [6.45, 7) is 0.765. The number of urea groups is 1. The third kappa shape index (κ3) is 5.24. The van der Waals surface area contributed by atoms with Crippen molar-refractivity contribution in [2.24, 2.45) is 5.73 Å². The van der Waals surface area contributed by atoms with E-state index in [9.17, 15) is 34.4 Å². The van der Waals surface area contributed by atoms with Crippen LogP contribution in [0.5, 0.6) is 0 Å². The number of imide groups is 1. The summed E-state index contributed by atoms with van der Waals surface area (Å²) in [5.74, 6) is -2.97. The molecule has 6 N–H and O–H groups in total. The first-order chi connectivity index (χ1) is 16.4. The second-order valence-corrected chi connectivity index (χ2v) is 8.01. The number of carbonyl (C=O) groups is 4. The lowest BCUT2D eigenvalue weighted by molar-refractivity contribution is -0.384. The Bertz CT molecular complexity index is 1230. The molecule has 0 radical (unpaired) electrons. The molecular formula is C22H22N6O7. The van der Waals surface area contributed by atoms with Crippen molar-refractivity contribution in [2.75, 3.05) is 6.54 Å². The molecule has 1 fully saturated rings. The number of nitro benzene ring substituents is 1. The Morgan fingerprint density at radius 2 is 1.91 bits per heavy atom. The Hall–Kier alpha value is -4.81. The van der Waals surface area contributed by atoms with Crippen molar-refractivity contribution in [3.05, 3.63) is 75.3 Å². The first kappa shape index (κ1) is 24.8. The average Bonchev–Trinajstić information content (AvgIpc) is 3.02. The maximum absolute atomic E-state index is 13.1. The summed E-state index contributed by atoms with van der Waals surface area (Å²) in [5, 5.41) is 32.7. The Balaban J connectivity index is 1.77. The molecule has 1 aliphatic heterocycles. The van der Waals surface area contributed by atoms with Crippen molar-refractivity contribution in [3.63, 3.8) is 0 Å². The number of carbonyl (C=O) groups excluding carboxylic acids is 3. The molecule has 1 aliphatic rings. The van der Waals surface area contributed by atoms with Crippen LogP contribution in [-0.2, 0) is 19.9 Å². The van der Waals surface area contributed by atoms with E-state index in [0.717, 1.165) is 6.07 Å². The number of amidine groups is 1. The number of nitrogens with one attached hydrogen (secondary N) is 3. The van der Waals surface area contributed by atoms with E-state index >= 15 is 0 Å². The van der Waals surface area contributed by atoms with Gasteiger partial charge in [-0.2, -0.15) is 0 Å². The van der Waals surface area contributed by atoms with Crippen molar-refractivity contribution in [3.8, 4) is 0 Å². The van der Waals surface area contributed by atoms with E-state index in [2.05, 4.69) is 10.6 Å². The van der Waals surface area contributed by atoms with Gasteiger partial charge in [0.1, 0.15) is 17.9 Å². The molecule has 2 atom stereocenters. The van der Waals surface area contributed by atoms with Gasteiger partial charge in [0.15, 0.2) is 0 Å². The van der Waals surface area contributed by atoms with E-state index in [1.807, 2.05) is 0 Å². The van der Waals surface area contributed by atoms with Crippen molar-refractivity contribution < 1.29 is 29.2 Å². The lowest BCUT2D eigenvalue weighted by Gasteiger charge is -2.23. The number of amides is 4. The van der Waals surface area contributed by atoms with Crippen molar-refractivity contribution in [2.45, 2.75) is 24.9 Å². The Morgan fingerprint density at radius 1 is 1.26 bits per heavy atom. The maximum atomic E-state index is 13.1. The lowest BCUT2D eigenvalue weighted by atomic mass is 9.91. The van der Waals surface area contributed by atoms with Crippen LogP contribution in [0.2, 0.25) is 0 Å². The summed E-state index contributed by atoms with van der Waals surface area (Å²) >= 11 is 0. The molecule has 0 unspecified atom stereocenters. The zero-order valence-electron chi connectivity index (χ0n) is 18.5. The van der Waals surface area contributed by atoms with Crippen LogP contribution in [0.4, 0.5) is 10.5 Å². The molecule has 0 aliphatic carbocycles. The predicted molar refractivity (Wildman–Crippen MR) is 121 cm³/mol. The van der Waals surface area contributed by atoms with Crippen LogP contribution in [-0.4, -0.2) is 51.1 Å². The molecule has 182 valence electrons. The van der Waals surface area contributed by atoms with E-state index in [1.54, 1.807) is 0 Å². The fourth-order valence-corrected chi connectivity index (χ4v) is 3.68. The third-order valence-corrected chi connectivity index (χ3v) is 5.55. The number of benzene rings is 2. The van der Waals surface area contributed by atoms with Gasteiger partial charge in [0.05, 0.1) is 17.4 Å². The van der Waals surface area contributed by atoms with Crippen LogP contribution in [0, 0.1) is 15.5 Å². The number of aliphatic carboxylic acids is 1. The van der Waals surface area contributed by atoms with Gasteiger partial charge in [-0.3, -0.25) is 34.8 Å². The second-order valence-electron chi connectivity index (χ2n) is 8.01. The van der Waals surface area contributed by atoms with Gasteiger partial charge >= 0.3 is 12.0 Å². The van der Waals surface area contributed by atoms with Crippen molar-refractivity contribution in [1.82, 2.24) is 15.5 Å². The highest BCUT2D eigenvalue weighted by Crippen LogP contribution is 2.29. The van der Waals surface area contributed by atoms with E-state index in [0.29, 0.717) is 16.0 Å². The number of carboxylic acid groups (broad SMARTS) is 1. The van der Waals surface area contributed by atoms with Gasteiger partial charge in [0.2, 0.25) is 5.91 Å². The quantitative estimate of drug-likeness (QED) is 0.114. The Labute approximate surface area is 198 Å². The molecule has 35 heavy (non-hydrogen) atoms. The fraction of sp³-hybridized carbons (Fsp3) is 0.227. The smallest absolute Gasteiger partial charge is 0.325 e. The van der Waals surface area contributed by atoms with Gasteiger partial charge in [0, 0.05) is 17.7 Å². The van der Waals surface area contributed by atoms with E-state index in [-0.39, 0.29) is 17.1 Å². The molecule has 3 rings (SSSR count). The first-order valence-electron chi connectivity index (χ1n) is 10.3. The number of carboxylic acids is 1. The van der Waals surface area contributed by atoms with Gasteiger partial charge in [0.25, 0.3) is 11.6 Å². The van der Waals surface area contributed by atoms with Gasteiger partial charge in [-0.15, -0.1) is 0 Å². The van der Waals surface area contributed by atoms with Crippen LogP contribution < -0.4 is 16.4 Å². The standard InChI is InChI=1S/C22H22N6O7/c1-22(14-7-5-12(6-8-14)19(23)24)20(32)27(21(33)26-22)11-17(29)25-16(10-18(30)31)13-3-2-4-15(9-13)28(34)35/h2-9,16H,10-11H2,1H3,(H3,23,24)(H,25,29)(H,26,33)(H,30,31)/t16-,22-/m0/s1. The topological polar surface area (TPSA) is 209 Å². The van der Waals surface area contributed by atoms with Gasteiger partial charge < -0.3 is 21.5 Å². The SMILES string of the molecule is C[C@@]1(c2ccc(C(=N)N)cc2)NC(=O)N(CC(=O)N[C@@H](CC(=O)O)c2cccc([N+](=O)[O-])c2)C1=O. The minimum absolute atomic E-state index is 0.165. The number of hydrogen-bond acceptors (Lipinski definition) is 7. The summed E-state index contributed by atoms with van der Waals surface area (Å²) in [4.78, 5) is 60.7. The number of nitrogens with two attached hydrogens (primary N) is 1. The molecule has 2 aromatic rings. The van der Waals surface area contributed by atoms with Crippen molar-refractivity contribution >= 4 is 35.3 Å². The molecule has 1 saturated heterocycles. The van der Waals surface area contributed by atoms with Crippen LogP contribution in [0.25, 0.3) is 0 Å². The summed E-state index contributed by atoms with van der Waals surface area (Å²) in [7, 11) is 0. The highest BCUT2D eigenvalue weighted by molar-refractivity contribution is 6.09. The fourth-order valence-electron chi connectivity index (χ4n) is 3.68. The molecule has 1 heterocycles. The number of rotatable bonds is 9. The van der Waals surface area contributed by atoms with E-state index in [1.165, 1.54) is 49.4 Å². The van der Waals surface area contributed by atoms with Crippen molar-refractivity contribution in [1.29, 1.82) is 5.41 Å². The van der Waals surface area contributed by atoms with Crippen LogP contribution in [0.1, 0.15) is 36.1 Å². The monoisotopic (exact) mass is 482 g/mol. The van der Waals surface area contributed by atoms with Crippen LogP contribution in [0.15, 0.2) is 48.5 Å². The number of non-ortho nitro benzene ring substituents is 1. The lowest BCUT2D eigenvalue weighted by Crippen LogP contribution is -2.44. The normalized spacial score (nSPS) is 18.0. The second kappa shape index (κ2) is 9.59. The summed E-state index contributed by atoms with van der Waals surface area (Å²) in [6.07, 6.45) is -0.576. The first-order valence-corrected chi connectivity index (χ1v) is 10.3. The molecule has 13 heteroatoms.